The molecule has 1 amide bonds. The van der Waals surface area contributed by atoms with Crippen molar-refractivity contribution in [1.82, 2.24) is 5.32 Å². The van der Waals surface area contributed by atoms with Crippen molar-refractivity contribution in [2.45, 2.75) is 37.3 Å². The van der Waals surface area contributed by atoms with Gasteiger partial charge in [0.2, 0.25) is 15.9 Å². The van der Waals surface area contributed by atoms with Gasteiger partial charge in [0.05, 0.1) is 17.2 Å². The number of rotatable bonds is 4. The quantitative estimate of drug-likeness (QED) is 0.772. The highest BCUT2D eigenvalue weighted by Gasteiger charge is 2.45. The third-order valence-electron chi connectivity index (χ3n) is 3.62. The monoisotopic (exact) mass is 326 g/mol. The summed E-state index contributed by atoms with van der Waals surface area (Å²) in [7, 11) is -3.73. The lowest BCUT2D eigenvalue weighted by Gasteiger charge is -2.23. The molecule has 0 radical (unpaired) electrons. The maximum Gasteiger partial charge on any atom is 0.307 e. The second-order valence-corrected chi connectivity index (χ2v) is 7.30. The number of carbonyl (C=O) groups excluding carboxylic acids is 2. The molecule has 1 aromatic carbocycles. The van der Waals surface area contributed by atoms with Gasteiger partial charge in [0.15, 0.2) is 0 Å². The molecule has 0 aromatic heterocycles. The fourth-order valence-electron chi connectivity index (χ4n) is 2.34. The predicted octanol–water partition coefficient (Wildman–Crippen LogP) is 0.292. The standard InChI is InChI=1S/C14H18N2O5S/c1-14(2)11(7-12(17)21-14)13(18)16-8-9-3-5-10(6-4-9)22(15,19)20/h3-6,11H,7-8H2,1-2H3,(H,16,18)(H2,15,19,20)/t11-/m1/s1. The van der Waals surface area contributed by atoms with Gasteiger partial charge in [-0.25, -0.2) is 13.6 Å². The molecule has 3 N–H and O–H groups in total. The number of amides is 1. The van der Waals surface area contributed by atoms with Crippen LogP contribution >= 0.6 is 0 Å². The summed E-state index contributed by atoms with van der Waals surface area (Å²) in [6.07, 6.45) is 0.0587. The maximum absolute atomic E-state index is 12.1. The largest absolute Gasteiger partial charge is 0.459 e. The minimum absolute atomic E-state index is 0.0125. The Morgan fingerprint density at radius 1 is 1.36 bits per heavy atom. The Hall–Kier alpha value is -1.93. The third kappa shape index (κ3) is 3.63. The highest BCUT2D eigenvalue weighted by Crippen LogP contribution is 2.32. The van der Waals surface area contributed by atoms with E-state index >= 15 is 0 Å². The third-order valence-corrected chi connectivity index (χ3v) is 4.55. The van der Waals surface area contributed by atoms with Crippen LogP contribution in [0.2, 0.25) is 0 Å². The van der Waals surface area contributed by atoms with E-state index in [-0.39, 0.29) is 29.7 Å². The van der Waals surface area contributed by atoms with Crippen LogP contribution in [0.5, 0.6) is 0 Å². The molecule has 0 spiro atoms. The predicted molar refractivity (Wildman–Crippen MR) is 77.9 cm³/mol. The summed E-state index contributed by atoms with van der Waals surface area (Å²) >= 11 is 0. The summed E-state index contributed by atoms with van der Waals surface area (Å²) < 4.78 is 27.4. The zero-order valence-corrected chi connectivity index (χ0v) is 13.1. The van der Waals surface area contributed by atoms with Crippen LogP contribution in [0.4, 0.5) is 0 Å². The van der Waals surface area contributed by atoms with E-state index in [0.29, 0.717) is 0 Å². The van der Waals surface area contributed by atoms with E-state index in [9.17, 15) is 18.0 Å². The van der Waals surface area contributed by atoms with Crippen molar-refractivity contribution in [3.63, 3.8) is 0 Å². The molecule has 22 heavy (non-hydrogen) atoms. The van der Waals surface area contributed by atoms with Crippen LogP contribution < -0.4 is 10.5 Å². The zero-order chi connectivity index (χ0) is 16.5. The fourth-order valence-corrected chi connectivity index (χ4v) is 2.85. The van der Waals surface area contributed by atoms with Gasteiger partial charge in [0, 0.05) is 6.54 Å². The Balaban J connectivity index is 1.98. The van der Waals surface area contributed by atoms with E-state index in [4.69, 9.17) is 9.88 Å². The summed E-state index contributed by atoms with van der Waals surface area (Å²) in [5.41, 5.74) is -0.0950. The van der Waals surface area contributed by atoms with Crippen molar-refractivity contribution in [3.8, 4) is 0 Å². The van der Waals surface area contributed by atoms with Crippen LogP contribution in [0.3, 0.4) is 0 Å². The Morgan fingerprint density at radius 3 is 2.41 bits per heavy atom. The van der Waals surface area contributed by atoms with Crippen LogP contribution in [-0.2, 0) is 30.9 Å². The van der Waals surface area contributed by atoms with Gasteiger partial charge < -0.3 is 10.1 Å². The van der Waals surface area contributed by atoms with Gasteiger partial charge >= 0.3 is 5.97 Å². The van der Waals surface area contributed by atoms with Crippen LogP contribution in [0.25, 0.3) is 0 Å². The summed E-state index contributed by atoms with van der Waals surface area (Å²) in [5, 5.41) is 7.73. The number of hydrogen-bond acceptors (Lipinski definition) is 5. The number of sulfonamides is 1. The maximum atomic E-state index is 12.1. The Morgan fingerprint density at radius 2 is 1.95 bits per heavy atom. The lowest BCUT2D eigenvalue weighted by atomic mass is 9.90. The number of nitrogens with two attached hydrogens (primary N) is 1. The van der Waals surface area contributed by atoms with E-state index in [1.165, 1.54) is 12.1 Å². The van der Waals surface area contributed by atoms with E-state index in [2.05, 4.69) is 5.32 Å². The first-order valence-corrected chi connectivity index (χ1v) is 8.25. The fraction of sp³-hybridized carbons (Fsp3) is 0.429. The van der Waals surface area contributed by atoms with Crippen molar-refractivity contribution >= 4 is 21.9 Å². The second kappa shape index (κ2) is 5.69. The van der Waals surface area contributed by atoms with Crippen molar-refractivity contribution < 1.29 is 22.7 Å². The molecular formula is C14H18N2O5S. The second-order valence-electron chi connectivity index (χ2n) is 5.74. The first-order valence-electron chi connectivity index (χ1n) is 6.71. The van der Waals surface area contributed by atoms with E-state index in [1.807, 2.05) is 0 Å². The molecule has 0 saturated carbocycles. The van der Waals surface area contributed by atoms with Gasteiger partial charge in [0.1, 0.15) is 5.60 Å². The van der Waals surface area contributed by atoms with E-state index in [0.717, 1.165) is 5.56 Å². The van der Waals surface area contributed by atoms with Gasteiger partial charge in [-0.1, -0.05) is 12.1 Å². The molecule has 1 fully saturated rings. The van der Waals surface area contributed by atoms with Gasteiger partial charge in [-0.2, -0.15) is 0 Å². The molecule has 7 nitrogen and oxygen atoms in total. The molecule has 120 valence electrons. The van der Waals surface area contributed by atoms with Gasteiger partial charge in [-0.3, -0.25) is 9.59 Å². The molecule has 1 aliphatic heterocycles. The smallest absolute Gasteiger partial charge is 0.307 e. The number of primary sulfonamides is 1. The topological polar surface area (TPSA) is 116 Å². The lowest BCUT2D eigenvalue weighted by molar-refractivity contribution is -0.147. The summed E-state index contributed by atoms with van der Waals surface area (Å²) in [6.45, 7) is 3.62. The molecule has 8 heteroatoms. The number of cyclic esters (lactones) is 1. The van der Waals surface area contributed by atoms with Crippen molar-refractivity contribution in [3.05, 3.63) is 29.8 Å². The number of carbonyl (C=O) groups is 2. The molecule has 1 atom stereocenters. The molecule has 1 heterocycles. The normalized spacial score (nSPS) is 20.5. The molecule has 0 aliphatic carbocycles. The van der Waals surface area contributed by atoms with Crippen molar-refractivity contribution in [2.75, 3.05) is 0 Å². The van der Waals surface area contributed by atoms with Gasteiger partial charge in [-0.15, -0.1) is 0 Å². The lowest BCUT2D eigenvalue weighted by Crippen LogP contribution is -2.40. The molecular weight excluding hydrogens is 308 g/mol. The molecule has 1 aliphatic rings. The molecule has 0 unspecified atom stereocenters. The first-order chi connectivity index (χ1) is 10.1. The Labute approximate surface area is 128 Å². The molecule has 2 rings (SSSR count). The Bertz CT molecular complexity index is 694. The summed E-state index contributed by atoms with van der Waals surface area (Å²) in [6, 6.07) is 5.90. The highest BCUT2D eigenvalue weighted by molar-refractivity contribution is 7.89. The van der Waals surface area contributed by atoms with Crippen molar-refractivity contribution in [1.29, 1.82) is 0 Å². The minimum Gasteiger partial charge on any atom is -0.459 e. The van der Waals surface area contributed by atoms with E-state index in [1.54, 1.807) is 26.0 Å². The van der Waals surface area contributed by atoms with Crippen LogP contribution in [0, 0.1) is 5.92 Å². The molecule has 1 saturated heterocycles. The van der Waals surface area contributed by atoms with Crippen LogP contribution in [0.15, 0.2) is 29.2 Å². The number of hydrogen-bond donors (Lipinski definition) is 2. The summed E-state index contributed by atoms with van der Waals surface area (Å²) in [4.78, 5) is 23.5. The SMILES string of the molecule is CC1(C)OC(=O)C[C@@H]1C(=O)NCc1ccc(S(N)(=O)=O)cc1. The van der Waals surface area contributed by atoms with E-state index < -0.39 is 21.5 Å². The average Bonchev–Trinajstić information content (AvgIpc) is 2.68. The van der Waals surface area contributed by atoms with Crippen molar-refractivity contribution in [2.24, 2.45) is 11.1 Å². The number of benzene rings is 1. The average molecular weight is 326 g/mol. The number of esters is 1. The zero-order valence-electron chi connectivity index (χ0n) is 12.3. The number of nitrogens with one attached hydrogen (secondary N) is 1. The van der Waals surface area contributed by atoms with Crippen LogP contribution in [0.1, 0.15) is 25.8 Å². The molecule has 1 aromatic rings. The van der Waals surface area contributed by atoms with Gasteiger partial charge in [-0.05, 0) is 31.5 Å². The molecule has 0 bridgehead atoms. The summed E-state index contributed by atoms with van der Waals surface area (Å²) in [5.74, 6) is -1.20. The Kier molecular flexibility index (Phi) is 4.25. The van der Waals surface area contributed by atoms with Gasteiger partial charge in [0.25, 0.3) is 0 Å². The minimum atomic E-state index is -3.73. The number of ether oxygens (including phenoxy) is 1. The first kappa shape index (κ1) is 16.4. The highest BCUT2D eigenvalue weighted by atomic mass is 32.2. The van der Waals surface area contributed by atoms with Crippen LogP contribution in [-0.4, -0.2) is 25.9 Å².